The first-order valence-corrected chi connectivity index (χ1v) is 7.41. The van der Waals surface area contributed by atoms with Gasteiger partial charge in [-0.2, -0.15) is 0 Å². The van der Waals surface area contributed by atoms with Crippen LogP contribution < -0.4 is 5.32 Å². The summed E-state index contributed by atoms with van der Waals surface area (Å²) in [6, 6.07) is 19.1. The summed E-state index contributed by atoms with van der Waals surface area (Å²) < 4.78 is 14.2. The molecule has 2 nitrogen and oxygen atoms in total. The van der Waals surface area contributed by atoms with Crippen molar-refractivity contribution in [1.29, 1.82) is 0 Å². The van der Waals surface area contributed by atoms with Gasteiger partial charge in [-0.3, -0.25) is 0 Å². The Morgan fingerprint density at radius 2 is 1.76 bits per heavy atom. The zero-order valence-corrected chi connectivity index (χ0v) is 11.8. The average molecular weight is 294 g/mol. The molecular formula is C17H11FN2S. The second-order valence-corrected chi connectivity index (χ2v) is 5.85. The van der Waals surface area contributed by atoms with Gasteiger partial charge >= 0.3 is 0 Å². The van der Waals surface area contributed by atoms with E-state index in [-0.39, 0.29) is 5.82 Å². The highest BCUT2D eigenvalue weighted by molar-refractivity contribution is 7.22. The Labute approximate surface area is 124 Å². The van der Waals surface area contributed by atoms with Gasteiger partial charge in [0.2, 0.25) is 0 Å². The minimum Gasteiger partial charge on any atom is -0.332 e. The minimum atomic E-state index is -0.259. The van der Waals surface area contributed by atoms with Gasteiger partial charge in [-0.05, 0) is 35.0 Å². The maximum atomic E-state index is 13.2. The van der Waals surface area contributed by atoms with Crippen LogP contribution in [-0.4, -0.2) is 4.98 Å². The van der Waals surface area contributed by atoms with Crippen LogP contribution in [0.2, 0.25) is 0 Å². The van der Waals surface area contributed by atoms with E-state index in [9.17, 15) is 4.39 Å². The average Bonchev–Trinajstić information content (AvgIpc) is 2.88. The molecule has 4 heteroatoms. The van der Waals surface area contributed by atoms with Crippen molar-refractivity contribution in [3.8, 4) is 0 Å². The molecule has 102 valence electrons. The summed E-state index contributed by atoms with van der Waals surface area (Å²) in [5.74, 6) is -0.259. The minimum absolute atomic E-state index is 0.259. The molecule has 0 bridgehead atoms. The molecule has 0 spiro atoms. The van der Waals surface area contributed by atoms with Crippen LogP contribution in [0.1, 0.15) is 0 Å². The Morgan fingerprint density at radius 1 is 0.905 bits per heavy atom. The van der Waals surface area contributed by atoms with Crippen molar-refractivity contribution >= 4 is 43.1 Å². The van der Waals surface area contributed by atoms with E-state index < -0.39 is 0 Å². The number of halogens is 1. The predicted molar refractivity (Wildman–Crippen MR) is 86.8 cm³/mol. The molecule has 3 aromatic carbocycles. The SMILES string of the molecule is Fc1ccc2sc(Nc3ccc4ccccc4c3)nc2c1. The second-order valence-electron chi connectivity index (χ2n) is 4.82. The molecule has 0 amide bonds. The Kier molecular flexibility index (Phi) is 2.82. The summed E-state index contributed by atoms with van der Waals surface area (Å²) in [4.78, 5) is 4.42. The number of anilines is 2. The molecule has 0 radical (unpaired) electrons. The number of nitrogens with one attached hydrogen (secondary N) is 1. The van der Waals surface area contributed by atoms with Crippen molar-refractivity contribution in [3.05, 3.63) is 66.5 Å². The molecule has 21 heavy (non-hydrogen) atoms. The first kappa shape index (κ1) is 12.3. The molecular weight excluding hydrogens is 283 g/mol. The van der Waals surface area contributed by atoms with Gasteiger partial charge in [0.25, 0.3) is 0 Å². The molecule has 0 atom stereocenters. The van der Waals surface area contributed by atoms with E-state index in [1.54, 1.807) is 6.07 Å². The lowest BCUT2D eigenvalue weighted by atomic mass is 10.1. The predicted octanol–water partition coefficient (Wildman–Crippen LogP) is 5.33. The monoisotopic (exact) mass is 294 g/mol. The van der Waals surface area contributed by atoms with Crippen molar-refractivity contribution in [2.45, 2.75) is 0 Å². The van der Waals surface area contributed by atoms with Crippen LogP contribution in [0.3, 0.4) is 0 Å². The van der Waals surface area contributed by atoms with Gasteiger partial charge in [0.1, 0.15) is 5.82 Å². The number of aromatic nitrogens is 1. The van der Waals surface area contributed by atoms with Crippen LogP contribution in [0.5, 0.6) is 0 Å². The van der Waals surface area contributed by atoms with E-state index in [0.29, 0.717) is 5.52 Å². The summed E-state index contributed by atoms with van der Waals surface area (Å²) in [5, 5.41) is 6.44. The van der Waals surface area contributed by atoms with E-state index in [4.69, 9.17) is 0 Å². The Morgan fingerprint density at radius 3 is 2.67 bits per heavy atom. The smallest absolute Gasteiger partial charge is 0.188 e. The summed E-state index contributed by atoms with van der Waals surface area (Å²) in [6.07, 6.45) is 0. The summed E-state index contributed by atoms with van der Waals surface area (Å²) in [6.45, 7) is 0. The number of fused-ring (bicyclic) bond motifs is 2. The van der Waals surface area contributed by atoms with Gasteiger partial charge in [0.05, 0.1) is 10.2 Å². The topological polar surface area (TPSA) is 24.9 Å². The van der Waals surface area contributed by atoms with Gasteiger partial charge < -0.3 is 5.32 Å². The maximum Gasteiger partial charge on any atom is 0.188 e. The van der Waals surface area contributed by atoms with Gasteiger partial charge in [-0.15, -0.1) is 0 Å². The van der Waals surface area contributed by atoms with Crippen molar-refractivity contribution < 1.29 is 4.39 Å². The van der Waals surface area contributed by atoms with E-state index in [1.807, 2.05) is 18.2 Å². The second kappa shape index (κ2) is 4.82. The van der Waals surface area contributed by atoms with Crippen molar-refractivity contribution in [2.24, 2.45) is 0 Å². The van der Waals surface area contributed by atoms with Crippen LogP contribution in [0.4, 0.5) is 15.2 Å². The van der Waals surface area contributed by atoms with E-state index in [0.717, 1.165) is 15.5 Å². The van der Waals surface area contributed by atoms with Crippen molar-refractivity contribution in [2.75, 3.05) is 5.32 Å². The number of nitrogens with zero attached hydrogens (tertiary/aromatic N) is 1. The summed E-state index contributed by atoms with van der Waals surface area (Å²) in [7, 11) is 0. The van der Waals surface area contributed by atoms with Crippen LogP contribution in [0.15, 0.2) is 60.7 Å². The Hall–Kier alpha value is -2.46. The fourth-order valence-corrected chi connectivity index (χ4v) is 3.21. The zero-order valence-electron chi connectivity index (χ0n) is 11.0. The zero-order chi connectivity index (χ0) is 14.2. The lowest BCUT2D eigenvalue weighted by Gasteiger charge is -2.04. The molecule has 0 aliphatic rings. The Balaban J connectivity index is 1.71. The third kappa shape index (κ3) is 2.34. The largest absolute Gasteiger partial charge is 0.332 e. The number of rotatable bonds is 2. The molecule has 0 saturated carbocycles. The molecule has 4 rings (SSSR count). The number of benzene rings is 3. The molecule has 0 aliphatic carbocycles. The number of thiazole rings is 1. The van der Waals surface area contributed by atoms with Crippen molar-refractivity contribution in [3.63, 3.8) is 0 Å². The third-order valence-electron chi connectivity index (χ3n) is 3.35. The molecule has 0 fully saturated rings. The lowest BCUT2D eigenvalue weighted by molar-refractivity contribution is 0.629. The number of hydrogen-bond acceptors (Lipinski definition) is 3. The Bertz CT molecular complexity index is 946. The van der Waals surface area contributed by atoms with Gasteiger partial charge in [0, 0.05) is 11.8 Å². The molecule has 0 aliphatic heterocycles. The first-order valence-electron chi connectivity index (χ1n) is 6.60. The van der Waals surface area contributed by atoms with E-state index in [1.165, 1.54) is 34.2 Å². The fraction of sp³-hybridized carbons (Fsp3) is 0. The van der Waals surface area contributed by atoms with Crippen LogP contribution in [0, 0.1) is 5.82 Å². The van der Waals surface area contributed by atoms with E-state index in [2.05, 4.69) is 34.6 Å². The molecule has 1 N–H and O–H groups in total. The van der Waals surface area contributed by atoms with Crippen LogP contribution >= 0.6 is 11.3 Å². The standard InChI is InChI=1S/C17H11FN2S/c18-13-6-8-16-15(10-13)20-17(21-16)19-14-7-5-11-3-1-2-4-12(11)9-14/h1-10H,(H,19,20). The highest BCUT2D eigenvalue weighted by atomic mass is 32.1. The fourth-order valence-electron chi connectivity index (χ4n) is 2.34. The molecule has 0 unspecified atom stereocenters. The van der Waals surface area contributed by atoms with Crippen LogP contribution in [-0.2, 0) is 0 Å². The summed E-state index contributed by atoms with van der Waals surface area (Å²) in [5.41, 5.74) is 1.66. The maximum absolute atomic E-state index is 13.2. The highest BCUT2D eigenvalue weighted by Crippen LogP contribution is 2.29. The molecule has 1 heterocycles. The van der Waals surface area contributed by atoms with Crippen molar-refractivity contribution in [1.82, 2.24) is 4.98 Å². The van der Waals surface area contributed by atoms with Gasteiger partial charge in [0.15, 0.2) is 5.13 Å². The van der Waals surface area contributed by atoms with Crippen LogP contribution in [0.25, 0.3) is 21.0 Å². The first-order chi connectivity index (χ1) is 10.3. The number of hydrogen-bond donors (Lipinski definition) is 1. The van der Waals surface area contributed by atoms with E-state index >= 15 is 0 Å². The normalized spacial score (nSPS) is 11.1. The van der Waals surface area contributed by atoms with Gasteiger partial charge in [-0.1, -0.05) is 41.7 Å². The molecule has 0 saturated heterocycles. The molecule has 4 aromatic rings. The molecule has 1 aromatic heterocycles. The summed E-state index contributed by atoms with van der Waals surface area (Å²) >= 11 is 1.52. The highest BCUT2D eigenvalue weighted by Gasteiger charge is 2.05. The third-order valence-corrected chi connectivity index (χ3v) is 4.30. The van der Waals surface area contributed by atoms with Gasteiger partial charge in [-0.25, -0.2) is 9.37 Å². The lowest BCUT2D eigenvalue weighted by Crippen LogP contribution is -1.88. The quantitative estimate of drug-likeness (QED) is 0.540.